The fraction of sp³-hybridized carbons (Fsp3) is 0.111. The maximum atomic E-state index is 13.2. The molecule has 0 aliphatic carbocycles. The number of hydrogen-bond acceptors (Lipinski definition) is 1. The van der Waals surface area contributed by atoms with E-state index in [1.54, 1.807) is 18.2 Å². The molecule has 0 heterocycles. The van der Waals surface area contributed by atoms with Crippen LogP contribution in [0.4, 0.5) is 4.39 Å². The Balaban J connectivity index is 2.85. The van der Waals surface area contributed by atoms with Crippen LogP contribution in [-0.2, 0) is 0 Å². The zero-order valence-electron chi connectivity index (χ0n) is 7.19. The molecule has 14 heavy (non-hydrogen) atoms. The van der Waals surface area contributed by atoms with Gasteiger partial charge in [0.25, 0.3) is 0 Å². The number of azide groups is 1. The highest BCUT2D eigenvalue weighted by atomic mass is 127. The SMILES string of the molecule is [N-]=[N+]=NCC=Cc1c(F)cccc1I. The molecule has 1 rings (SSSR count). The number of rotatable bonds is 3. The van der Waals surface area contributed by atoms with Gasteiger partial charge in [-0.15, -0.1) is 0 Å². The quantitative estimate of drug-likeness (QED) is 0.353. The van der Waals surface area contributed by atoms with Crippen LogP contribution in [0.1, 0.15) is 5.56 Å². The van der Waals surface area contributed by atoms with Crippen molar-refractivity contribution in [2.75, 3.05) is 6.54 Å². The summed E-state index contributed by atoms with van der Waals surface area (Å²) in [6.45, 7) is 0.237. The minimum absolute atomic E-state index is 0.237. The highest BCUT2D eigenvalue weighted by Gasteiger charge is 2.00. The topological polar surface area (TPSA) is 48.8 Å². The van der Waals surface area contributed by atoms with Crippen molar-refractivity contribution in [1.29, 1.82) is 0 Å². The average Bonchev–Trinajstić information content (AvgIpc) is 2.16. The lowest BCUT2D eigenvalue weighted by molar-refractivity contribution is 0.624. The summed E-state index contributed by atoms with van der Waals surface area (Å²) >= 11 is 2.05. The molecule has 0 saturated carbocycles. The summed E-state index contributed by atoms with van der Waals surface area (Å²) in [5.41, 5.74) is 8.55. The van der Waals surface area contributed by atoms with E-state index in [0.717, 1.165) is 3.57 Å². The Morgan fingerprint density at radius 1 is 1.57 bits per heavy atom. The summed E-state index contributed by atoms with van der Waals surface area (Å²) in [7, 11) is 0. The minimum Gasteiger partial charge on any atom is -0.206 e. The highest BCUT2D eigenvalue weighted by Crippen LogP contribution is 2.17. The van der Waals surface area contributed by atoms with Gasteiger partial charge < -0.3 is 0 Å². The molecule has 3 nitrogen and oxygen atoms in total. The third-order valence-electron chi connectivity index (χ3n) is 1.53. The Labute approximate surface area is 94.4 Å². The molecule has 0 aliphatic heterocycles. The van der Waals surface area contributed by atoms with Gasteiger partial charge in [0.05, 0.1) is 0 Å². The standard InChI is InChI=1S/C9H7FIN3/c10-8-4-1-5-9(11)7(8)3-2-6-13-14-12/h1-5H,6H2. The Morgan fingerprint density at radius 3 is 3.00 bits per heavy atom. The molecule has 0 fully saturated rings. The molecule has 0 radical (unpaired) electrons. The van der Waals surface area contributed by atoms with Gasteiger partial charge in [0.1, 0.15) is 5.82 Å². The van der Waals surface area contributed by atoms with E-state index in [-0.39, 0.29) is 12.4 Å². The Hall–Kier alpha value is -1.07. The fourth-order valence-corrected chi connectivity index (χ4v) is 1.57. The predicted molar refractivity (Wildman–Crippen MR) is 62.2 cm³/mol. The van der Waals surface area contributed by atoms with Gasteiger partial charge in [-0.3, -0.25) is 0 Å². The largest absolute Gasteiger partial charge is 0.206 e. The van der Waals surface area contributed by atoms with Crippen LogP contribution < -0.4 is 0 Å². The second-order valence-corrected chi connectivity index (χ2v) is 3.61. The molecular formula is C9H7FIN3. The molecule has 5 heteroatoms. The summed E-state index contributed by atoms with van der Waals surface area (Å²) in [5.74, 6) is -0.269. The number of halogens is 2. The van der Waals surface area contributed by atoms with Crippen LogP contribution in [0, 0.1) is 9.39 Å². The second kappa shape index (κ2) is 5.62. The summed E-state index contributed by atoms with van der Waals surface area (Å²) < 4.78 is 14.0. The van der Waals surface area contributed by atoms with Crippen LogP contribution in [0.15, 0.2) is 29.4 Å². The first kappa shape index (κ1) is 11.0. The van der Waals surface area contributed by atoms with Gasteiger partial charge in [-0.25, -0.2) is 4.39 Å². The van der Waals surface area contributed by atoms with Gasteiger partial charge in [-0.2, -0.15) is 0 Å². The van der Waals surface area contributed by atoms with Crippen molar-refractivity contribution in [1.82, 2.24) is 0 Å². The smallest absolute Gasteiger partial charge is 0.131 e. The van der Waals surface area contributed by atoms with Crippen LogP contribution in [0.25, 0.3) is 16.5 Å². The van der Waals surface area contributed by atoms with E-state index in [1.807, 2.05) is 6.07 Å². The Kier molecular flexibility index (Phi) is 4.42. The van der Waals surface area contributed by atoms with E-state index >= 15 is 0 Å². The molecule has 0 amide bonds. The average molecular weight is 303 g/mol. The molecule has 1 aromatic rings. The molecule has 0 spiro atoms. The normalized spacial score (nSPS) is 10.1. The number of nitrogens with zero attached hydrogens (tertiary/aromatic N) is 3. The lowest BCUT2D eigenvalue weighted by atomic mass is 10.2. The van der Waals surface area contributed by atoms with Crippen LogP contribution in [0.3, 0.4) is 0 Å². The first-order valence-electron chi connectivity index (χ1n) is 3.87. The maximum Gasteiger partial charge on any atom is 0.131 e. The van der Waals surface area contributed by atoms with Gasteiger partial charge in [0.2, 0.25) is 0 Å². The zero-order valence-corrected chi connectivity index (χ0v) is 9.35. The monoisotopic (exact) mass is 303 g/mol. The Bertz CT molecular complexity index is 377. The van der Waals surface area contributed by atoms with Gasteiger partial charge in [0.15, 0.2) is 0 Å². The van der Waals surface area contributed by atoms with Gasteiger partial charge in [-0.05, 0) is 40.3 Å². The van der Waals surface area contributed by atoms with E-state index in [1.165, 1.54) is 6.07 Å². The van der Waals surface area contributed by atoms with Crippen LogP contribution in [0.2, 0.25) is 0 Å². The van der Waals surface area contributed by atoms with Crippen LogP contribution in [0.5, 0.6) is 0 Å². The molecule has 0 atom stereocenters. The van der Waals surface area contributed by atoms with Crippen molar-refractivity contribution in [3.05, 3.63) is 49.7 Å². The fourth-order valence-electron chi connectivity index (χ4n) is 0.924. The lowest BCUT2D eigenvalue weighted by Gasteiger charge is -1.98. The zero-order chi connectivity index (χ0) is 10.4. The van der Waals surface area contributed by atoms with Crippen molar-refractivity contribution in [3.8, 4) is 0 Å². The third-order valence-corrected chi connectivity index (χ3v) is 2.48. The first-order valence-corrected chi connectivity index (χ1v) is 4.95. The summed E-state index contributed by atoms with van der Waals surface area (Å²) in [6.07, 6.45) is 3.24. The minimum atomic E-state index is -0.269. The molecule has 0 saturated heterocycles. The van der Waals surface area contributed by atoms with Crippen molar-refractivity contribution in [2.45, 2.75) is 0 Å². The molecular weight excluding hydrogens is 296 g/mol. The van der Waals surface area contributed by atoms with Crippen molar-refractivity contribution >= 4 is 28.7 Å². The number of hydrogen-bond donors (Lipinski definition) is 0. The van der Waals surface area contributed by atoms with E-state index < -0.39 is 0 Å². The summed E-state index contributed by atoms with van der Waals surface area (Å²) in [5, 5.41) is 3.32. The Morgan fingerprint density at radius 2 is 2.36 bits per heavy atom. The molecule has 0 aliphatic rings. The molecule has 0 N–H and O–H groups in total. The maximum absolute atomic E-state index is 13.2. The number of benzene rings is 1. The second-order valence-electron chi connectivity index (χ2n) is 2.45. The van der Waals surface area contributed by atoms with Crippen LogP contribution >= 0.6 is 22.6 Å². The van der Waals surface area contributed by atoms with Crippen molar-refractivity contribution < 1.29 is 4.39 Å². The molecule has 72 valence electrons. The van der Waals surface area contributed by atoms with E-state index in [9.17, 15) is 4.39 Å². The molecule has 0 aromatic heterocycles. The molecule has 0 bridgehead atoms. The van der Waals surface area contributed by atoms with E-state index in [4.69, 9.17) is 5.53 Å². The first-order chi connectivity index (χ1) is 6.75. The summed E-state index contributed by atoms with van der Waals surface area (Å²) in [6, 6.07) is 4.87. The molecule has 1 aromatic carbocycles. The van der Waals surface area contributed by atoms with E-state index in [0.29, 0.717) is 5.56 Å². The summed E-state index contributed by atoms with van der Waals surface area (Å²) in [4.78, 5) is 2.59. The highest BCUT2D eigenvalue weighted by molar-refractivity contribution is 14.1. The van der Waals surface area contributed by atoms with Gasteiger partial charge in [-0.1, -0.05) is 23.3 Å². The molecule has 0 unspecified atom stereocenters. The van der Waals surface area contributed by atoms with Gasteiger partial charge in [0, 0.05) is 20.6 Å². The van der Waals surface area contributed by atoms with Gasteiger partial charge >= 0.3 is 0 Å². The predicted octanol–water partition coefficient (Wildman–Crippen LogP) is 3.75. The van der Waals surface area contributed by atoms with Crippen LogP contribution in [-0.4, -0.2) is 6.54 Å². The third kappa shape index (κ3) is 3.01. The lowest BCUT2D eigenvalue weighted by Crippen LogP contribution is -1.85. The van der Waals surface area contributed by atoms with Crippen molar-refractivity contribution in [2.24, 2.45) is 5.11 Å². The van der Waals surface area contributed by atoms with Crippen molar-refractivity contribution in [3.63, 3.8) is 0 Å². The van der Waals surface area contributed by atoms with E-state index in [2.05, 4.69) is 32.6 Å².